The number of fused-ring (bicyclic) bond motifs is 2. The number of nitrogens with one attached hydrogen (secondary N) is 2. The van der Waals surface area contributed by atoms with Crippen LogP contribution in [0.4, 0.5) is 29.6 Å². The number of halogens is 3. The SMILES string of the molecule is [2H]C1(NC(=O)OC)CC[C@@H](n2c(=O)n(C([2H])([2H])[2H])c3cnc(Nc4ccc5c(n4)c(-c4cnn(C(F)(F)F)c4)cn5C4(C#N)CC4)cc32)C1. The van der Waals surface area contributed by atoms with Gasteiger partial charge in [0.15, 0.2) is 0 Å². The number of pyridine rings is 2. The largest absolute Gasteiger partial charge is 0.504 e. The maximum absolute atomic E-state index is 13.6. The van der Waals surface area contributed by atoms with E-state index in [1.165, 1.54) is 23.9 Å². The van der Waals surface area contributed by atoms with Crippen LogP contribution in [0.25, 0.3) is 33.2 Å². The molecule has 2 aliphatic carbocycles. The highest BCUT2D eigenvalue weighted by molar-refractivity contribution is 5.94. The number of aromatic nitrogens is 7. The number of carbonyl (C=O) groups is 1. The number of alkyl carbamates (subject to hydrolysis) is 1. The molecule has 2 saturated carbocycles. The number of imidazole rings is 1. The number of hydrogen-bond acceptors (Lipinski definition) is 8. The van der Waals surface area contributed by atoms with Gasteiger partial charge in [0.2, 0.25) is 0 Å². The molecule has 13 nitrogen and oxygen atoms in total. The summed E-state index contributed by atoms with van der Waals surface area (Å²) in [7, 11) is 1.17. The molecular formula is C29H27F3N10O3. The summed E-state index contributed by atoms with van der Waals surface area (Å²) < 4.78 is 80.9. The van der Waals surface area contributed by atoms with E-state index in [9.17, 15) is 28.0 Å². The molecule has 5 heterocycles. The second-order valence-corrected chi connectivity index (χ2v) is 11.0. The second kappa shape index (κ2) is 10.1. The molecule has 5 aromatic heterocycles. The lowest BCUT2D eigenvalue weighted by atomic mass is 10.1. The van der Waals surface area contributed by atoms with Gasteiger partial charge < -0.3 is 19.9 Å². The summed E-state index contributed by atoms with van der Waals surface area (Å²) in [5.74, 6) is 0.390. The Balaban J connectivity index is 1.29. The molecule has 0 radical (unpaired) electrons. The first-order chi connectivity index (χ1) is 23.1. The molecule has 0 aromatic carbocycles. The minimum absolute atomic E-state index is 0.000302. The quantitative estimate of drug-likeness (QED) is 0.278. The third-order valence-electron chi connectivity index (χ3n) is 8.30. The normalized spacial score (nSPS) is 22.3. The maximum atomic E-state index is 13.6. The molecule has 0 aliphatic heterocycles. The molecule has 0 bridgehead atoms. The van der Waals surface area contributed by atoms with Gasteiger partial charge in [-0.3, -0.25) is 9.13 Å². The molecule has 2 atom stereocenters. The molecular weight excluding hydrogens is 593 g/mol. The van der Waals surface area contributed by atoms with Gasteiger partial charge in [0, 0.05) is 52.7 Å². The molecule has 1 unspecified atom stereocenters. The minimum atomic E-state index is -4.73. The Morgan fingerprint density at radius 2 is 2.02 bits per heavy atom. The van der Waals surface area contributed by atoms with Gasteiger partial charge in [-0.2, -0.15) is 15.0 Å². The molecule has 0 saturated heterocycles. The zero-order valence-electron chi connectivity index (χ0n) is 27.6. The predicted octanol–water partition coefficient (Wildman–Crippen LogP) is 4.63. The van der Waals surface area contributed by atoms with E-state index < -0.39 is 42.7 Å². The number of amides is 1. The molecule has 0 spiro atoms. The zero-order valence-corrected chi connectivity index (χ0v) is 23.6. The number of alkyl halides is 3. The summed E-state index contributed by atoms with van der Waals surface area (Å²) in [5.41, 5.74) is -0.165. The van der Waals surface area contributed by atoms with Crippen LogP contribution in [0.2, 0.25) is 0 Å². The Bertz CT molecular complexity index is 2250. The molecule has 7 rings (SSSR count). The number of methoxy groups -OCH3 is 1. The van der Waals surface area contributed by atoms with Gasteiger partial charge in [0.05, 0.1) is 49.0 Å². The molecule has 5 aromatic rings. The third-order valence-corrected chi connectivity index (χ3v) is 8.30. The van der Waals surface area contributed by atoms with Crippen LogP contribution in [0.3, 0.4) is 0 Å². The molecule has 45 heavy (non-hydrogen) atoms. The van der Waals surface area contributed by atoms with Crippen LogP contribution in [-0.4, -0.2) is 52.7 Å². The highest BCUT2D eigenvalue weighted by atomic mass is 19.4. The van der Waals surface area contributed by atoms with E-state index in [2.05, 4.69) is 36.5 Å². The summed E-state index contributed by atoms with van der Waals surface area (Å²) in [6.07, 6.45) is 0.791. The average Bonchev–Trinajstić information content (AvgIpc) is 3.33. The lowest BCUT2D eigenvalue weighted by Gasteiger charge is -2.14. The molecule has 2 fully saturated rings. The molecule has 2 aliphatic rings. The summed E-state index contributed by atoms with van der Waals surface area (Å²) in [5, 5.41) is 18.8. The van der Waals surface area contributed by atoms with E-state index in [4.69, 9.17) is 5.48 Å². The van der Waals surface area contributed by atoms with Gasteiger partial charge >= 0.3 is 18.1 Å². The number of carbonyl (C=O) groups excluding carboxylic acids is 1. The van der Waals surface area contributed by atoms with Crippen molar-refractivity contribution in [2.45, 2.75) is 56.0 Å². The average molecular weight is 625 g/mol. The minimum Gasteiger partial charge on any atom is -0.453 e. The van der Waals surface area contributed by atoms with Crippen molar-refractivity contribution in [1.29, 1.82) is 5.26 Å². The van der Waals surface area contributed by atoms with Crippen molar-refractivity contribution >= 4 is 39.8 Å². The number of nitriles is 1. The van der Waals surface area contributed by atoms with Crippen LogP contribution in [0.1, 0.15) is 43.6 Å². The van der Waals surface area contributed by atoms with Gasteiger partial charge in [0.1, 0.15) is 17.2 Å². The summed E-state index contributed by atoms with van der Waals surface area (Å²) >= 11 is 0. The summed E-state index contributed by atoms with van der Waals surface area (Å²) in [6.45, 7) is -2.85. The molecule has 232 valence electrons. The van der Waals surface area contributed by atoms with Gasteiger partial charge in [-0.15, -0.1) is 13.2 Å². The lowest BCUT2D eigenvalue weighted by molar-refractivity contribution is -0.212. The summed E-state index contributed by atoms with van der Waals surface area (Å²) in [4.78, 5) is 34.5. The Labute approximate surface area is 258 Å². The maximum Gasteiger partial charge on any atom is 0.504 e. The monoisotopic (exact) mass is 624 g/mol. The fourth-order valence-electron chi connectivity index (χ4n) is 5.89. The van der Waals surface area contributed by atoms with Crippen LogP contribution in [0.15, 0.2) is 47.8 Å². The number of ether oxygens (including phenoxy) is 1. The summed E-state index contributed by atoms with van der Waals surface area (Å²) in [6, 6.07) is 4.95. The zero-order chi connectivity index (χ0) is 35.1. The fraction of sp³-hybridized carbons (Fsp3) is 0.379. The van der Waals surface area contributed by atoms with E-state index in [1.807, 2.05) is 0 Å². The standard InChI is InChI=1S/C29H27F3N10O3/c1-39-22-12-34-24(10-21(22)42(27(39)44)18-4-3-17(9-18)36-26(43)45-2)37-23-6-5-20-25(38-23)19(14-40(20)28(15-33)7-8-28)16-11-35-41(13-16)29(30,31)32/h5-6,10-14,17-18H,3-4,7-9H2,1-2H3,(H,36,43)(H,34,37,38)/t17?,18-/m1/s1/i1D3,17D. The van der Waals surface area contributed by atoms with Gasteiger partial charge in [-0.25, -0.2) is 19.6 Å². The van der Waals surface area contributed by atoms with Crippen molar-refractivity contribution in [3.8, 4) is 17.2 Å². The van der Waals surface area contributed by atoms with Gasteiger partial charge in [-0.1, -0.05) is 0 Å². The smallest absolute Gasteiger partial charge is 0.453 e. The molecule has 1 amide bonds. The van der Waals surface area contributed by atoms with Crippen LogP contribution >= 0.6 is 0 Å². The highest BCUT2D eigenvalue weighted by Crippen LogP contribution is 2.47. The van der Waals surface area contributed by atoms with Gasteiger partial charge in [0.25, 0.3) is 0 Å². The Morgan fingerprint density at radius 1 is 1.20 bits per heavy atom. The first kappa shape index (κ1) is 24.0. The number of nitrogens with zero attached hydrogens (tertiary/aromatic N) is 8. The molecule has 2 N–H and O–H groups in total. The van der Waals surface area contributed by atoms with E-state index in [-0.39, 0.29) is 52.2 Å². The van der Waals surface area contributed by atoms with Gasteiger partial charge in [-0.05, 0) is 44.2 Å². The topological polar surface area (TPSA) is 150 Å². The number of hydrogen-bond donors (Lipinski definition) is 2. The van der Waals surface area contributed by atoms with Crippen LogP contribution in [0.5, 0.6) is 0 Å². The van der Waals surface area contributed by atoms with Crippen molar-refractivity contribution in [2.24, 2.45) is 6.98 Å². The number of aryl methyl sites for hydroxylation is 1. The van der Waals surface area contributed by atoms with Crippen LogP contribution in [0, 0.1) is 11.3 Å². The van der Waals surface area contributed by atoms with E-state index in [0.717, 1.165) is 12.4 Å². The van der Waals surface area contributed by atoms with E-state index in [1.54, 1.807) is 22.9 Å². The van der Waals surface area contributed by atoms with E-state index >= 15 is 0 Å². The van der Waals surface area contributed by atoms with Crippen molar-refractivity contribution in [2.75, 3.05) is 12.4 Å². The third kappa shape index (κ3) is 4.75. The fourth-order valence-corrected chi connectivity index (χ4v) is 5.89. The van der Waals surface area contributed by atoms with E-state index in [0.29, 0.717) is 34.0 Å². The first-order valence-electron chi connectivity index (χ1n) is 15.9. The predicted molar refractivity (Wildman–Crippen MR) is 156 cm³/mol. The lowest BCUT2D eigenvalue weighted by Crippen LogP contribution is -2.33. The Morgan fingerprint density at radius 3 is 2.71 bits per heavy atom. The van der Waals surface area contributed by atoms with Crippen molar-refractivity contribution < 1.29 is 28.2 Å². The second-order valence-electron chi connectivity index (χ2n) is 11.0. The van der Waals surface area contributed by atoms with Crippen molar-refractivity contribution in [1.82, 2.24) is 38.8 Å². The molecule has 16 heteroatoms. The first-order valence-corrected chi connectivity index (χ1v) is 13.9. The van der Waals surface area contributed by atoms with Crippen molar-refractivity contribution in [3.63, 3.8) is 0 Å². The number of anilines is 2. The van der Waals surface area contributed by atoms with Crippen LogP contribution < -0.4 is 16.3 Å². The Kier molecular flexibility index (Phi) is 5.40. The number of rotatable bonds is 6. The van der Waals surface area contributed by atoms with Crippen molar-refractivity contribution in [3.05, 3.63) is 53.5 Å². The highest BCUT2D eigenvalue weighted by Gasteiger charge is 2.46. The Hall–Kier alpha value is -5.33. The van der Waals surface area contributed by atoms with Crippen LogP contribution in [-0.2, 0) is 23.6 Å².